The summed E-state index contributed by atoms with van der Waals surface area (Å²) >= 11 is 0. The van der Waals surface area contributed by atoms with Gasteiger partial charge in [0.15, 0.2) is 0 Å². The fraction of sp³-hybridized carbons (Fsp3) is 0. The van der Waals surface area contributed by atoms with Gasteiger partial charge in [0.05, 0.1) is 0 Å². The molecule has 13 aromatic rings. The van der Waals surface area contributed by atoms with Gasteiger partial charge in [-0.2, -0.15) is 0 Å². The lowest BCUT2D eigenvalue weighted by Gasteiger charge is -2.20. The number of hydrogen-bond donors (Lipinski definition) is 0. The van der Waals surface area contributed by atoms with Crippen LogP contribution in [0.25, 0.3) is 130 Å². The standard InChI is InChI=1S/C60H36/c1-4-18-41-37(15-1)31-53(47-24-10-7-21-44(41)47)40-29-30-52-56(34-40)60(55-33-39-17-3-6-20-43(39)46-23-9-12-26-49(46)55)36-58-51-28-14-13-27-50(51)57(35-59(52)58)54-32-38-16-2-5-19-42(38)45-22-8-11-25-48(45)54/h1-36H. The minimum Gasteiger partial charge on any atom is -0.0616 e. The molecule has 0 amide bonds. The smallest absolute Gasteiger partial charge is 0.00921 e. The average molecular weight is 757 g/mol. The Balaban J connectivity index is 1.19. The Labute approximate surface area is 347 Å². The van der Waals surface area contributed by atoms with Crippen molar-refractivity contribution < 1.29 is 0 Å². The lowest BCUT2D eigenvalue weighted by atomic mass is 9.84. The largest absolute Gasteiger partial charge is 0.0616 e. The van der Waals surface area contributed by atoms with E-state index in [9.17, 15) is 0 Å². The topological polar surface area (TPSA) is 0 Å². The molecule has 0 fully saturated rings. The first-order valence-corrected chi connectivity index (χ1v) is 20.9. The summed E-state index contributed by atoms with van der Waals surface area (Å²) in [6, 6.07) is 81.7. The third kappa shape index (κ3) is 4.86. The first-order valence-electron chi connectivity index (χ1n) is 20.9. The van der Waals surface area contributed by atoms with E-state index in [0.717, 1.165) is 0 Å². The van der Waals surface area contributed by atoms with Gasteiger partial charge in [0, 0.05) is 0 Å². The van der Waals surface area contributed by atoms with E-state index in [-0.39, 0.29) is 0 Å². The van der Waals surface area contributed by atoms with Crippen LogP contribution in [0.4, 0.5) is 0 Å². The van der Waals surface area contributed by atoms with E-state index in [0.29, 0.717) is 0 Å². The molecule has 0 nitrogen and oxygen atoms in total. The van der Waals surface area contributed by atoms with Gasteiger partial charge in [-0.1, -0.05) is 182 Å². The van der Waals surface area contributed by atoms with E-state index in [1.807, 2.05) is 0 Å². The van der Waals surface area contributed by atoms with Crippen molar-refractivity contribution in [1.82, 2.24) is 0 Å². The molecule has 0 aromatic heterocycles. The third-order valence-corrected chi connectivity index (χ3v) is 13.2. The van der Waals surface area contributed by atoms with E-state index in [1.165, 1.54) is 130 Å². The molecule has 0 bridgehead atoms. The van der Waals surface area contributed by atoms with E-state index < -0.39 is 0 Å². The molecule has 0 aliphatic rings. The molecule has 0 aliphatic heterocycles. The predicted octanol–water partition coefficient (Wildman–Crippen LogP) is 17.1. The maximum absolute atomic E-state index is 2.50. The SMILES string of the molecule is c1ccc2c(c1)cc(-c1ccc3c(c1)c(-c1cc4ccccc4c4ccccc14)cc1c4ccccc4c(-c4cc5ccccc5c5ccccc45)cc31)c1ccccc12. The van der Waals surface area contributed by atoms with E-state index in [4.69, 9.17) is 0 Å². The second-order valence-corrected chi connectivity index (χ2v) is 16.3. The van der Waals surface area contributed by atoms with Crippen molar-refractivity contribution in [2.45, 2.75) is 0 Å². The first-order chi connectivity index (χ1) is 29.8. The maximum atomic E-state index is 2.50. The fourth-order valence-corrected chi connectivity index (χ4v) is 10.5. The van der Waals surface area contributed by atoms with Crippen LogP contribution in [0.1, 0.15) is 0 Å². The van der Waals surface area contributed by atoms with Gasteiger partial charge in [-0.05, 0) is 167 Å². The summed E-state index contributed by atoms with van der Waals surface area (Å²) in [7, 11) is 0. The molecule has 0 heterocycles. The Morgan fingerprint density at radius 2 is 0.433 bits per heavy atom. The molecular weight excluding hydrogens is 721 g/mol. The average Bonchev–Trinajstić information content (AvgIpc) is 3.32. The van der Waals surface area contributed by atoms with Gasteiger partial charge < -0.3 is 0 Å². The van der Waals surface area contributed by atoms with Gasteiger partial charge in [-0.3, -0.25) is 0 Å². The highest BCUT2D eigenvalue weighted by Crippen LogP contribution is 2.47. The molecule has 13 aromatic carbocycles. The zero-order chi connectivity index (χ0) is 39.3. The second kappa shape index (κ2) is 12.9. The van der Waals surface area contributed by atoms with E-state index in [2.05, 4.69) is 218 Å². The van der Waals surface area contributed by atoms with Crippen molar-refractivity contribution in [1.29, 1.82) is 0 Å². The molecule has 0 spiro atoms. The Kier molecular flexibility index (Phi) is 7.11. The summed E-state index contributed by atoms with van der Waals surface area (Å²) in [5.41, 5.74) is 7.50. The van der Waals surface area contributed by atoms with E-state index in [1.54, 1.807) is 0 Å². The number of benzene rings is 13. The van der Waals surface area contributed by atoms with Crippen molar-refractivity contribution in [2.75, 3.05) is 0 Å². The van der Waals surface area contributed by atoms with Gasteiger partial charge in [-0.15, -0.1) is 0 Å². The van der Waals surface area contributed by atoms with Crippen LogP contribution < -0.4 is 0 Å². The van der Waals surface area contributed by atoms with Gasteiger partial charge in [0.25, 0.3) is 0 Å². The number of hydrogen-bond acceptors (Lipinski definition) is 0. The molecule has 0 saturated carbocycles. The van der Waals surface area contributed by atoms with Crippen LogP contribution in [0.15, 0.2) is 218 Å². The van der Waals surface area contributed by atoms with Gasteiger partial charge >= 0.3 is 0 Å². The number of rotatable bonds is 3. The lowest BCUT2D eigenvalue weighted by Crippen LogP contribution is -1.92. The maximum Gasteiger partial charge on any atom is -0.00921 e. The second-order valence-electron chi connectivity index (χ2n) is 16.3. The Morgan fingerprint density at radius 3 is 0.867 bits per heavy atom. The highest BCUT2D eigenvalue weighted by Gasteiger charge is 2.20. The third-order valence-electron chi connectivity index (χ3n) is 13.2. The van der Waals surface area contributed by atoms with Crippen LogP contribution in [0.2, 0.25) is 0 Å². The summed E-state index contributed by atoms with van der Waals surface area (Å²) in [6.45, 7) is 0. The van der Waals surface area contributed by atoms with E-state index >= 15 is 0 Å². The quantitative estimate of drug-likeness (QED) is 0.158. The molecule has 276 valence electrons. The van der Waals surface area contributed by atoms with Gasteiger partial charge in [-0.25, -0.2) is 0 Å². The predicted molar refractivity (Wildman–Crippen MR) is 260 cm³/mol. The molecule has 60 heavy (non-hydrogen) atoms. The van der Waals surface area contributed by atoms with Crippen molar-refractivity contribution in [2.24, 2.45) is 0 Å². The summed E-state index contributed by atoms with van der Waals surface area (Å²) in [5, 5.41) is 22.8. The molecule has 0 radical (unpaired) electrons. The molecular formula is C60H36. The van der Waals surface area contributed by atoms with Crippen molar-refractivity contribution in [3.8, 4) is 33.4 Å². The Bertz CT molecular complexity index is 3940. The monoisotopic (exact) mass is 756 g/mol. The highest BCUT2D eigenvalue weighted by atomic mass is 14.2. The molecule has 0 heteroatoms. The van der Waals surface area contributed by atoms with Gasteiger partial charge in [0.2, 0.25) is 0 Å². The molecule has 0 saturated heterocycles. The molecule has 0 atom stereocenters. The summed E-state index contributed by atoms with van der Waals surface area (Å²) in [6.07, 6.45) is 0. The first kappa shape index (κ1) is 33.2. The van der Waals surface area contributed by atoms with Crippen molar-refractivity contribution >= 4 is 97.0 Å². The lowest BCUT2D eigenvalue weighted by molar-refractivity contribution is 1.69. The summed E-state index contributed by atoms with van der Waals surface area (Å²) < 4.78 is 0. The zero-order valence-electron chi connectivity index (χ0n) is 32.8. The Hall–Kier alpha value is -7.80. The van der Waals surface area contributed by atoms with Crippen LogP contribution in [0, 0.1) is 0 Å². The van der Waals surface area contributed by atoms with Crippen LogP contribution >= 0.6 is 0 Å². The number of fused-ring (bicyclic) bond motifs is 14. The molecule has 0 unspecified atom stereocenters. The minimum absolute atomic E-state index is 1.22. The van der Waals surface area contributed by atoms with Crippen molar-refractivity contribution in [3.05, 3.63) is 218 Å². The summed E-state index contributed by atoms with van der Waals surface area (Å²) in [4.78, 5) is 0. The van der Waals surface area contributed by atoms with Crippen LogP contribution in [-0.4, -0.2) is 0 Å². The zero-order valence-corrected chi connectivity index (χ0v) is 32.8. The van der Waals surface area contributed by atoms with Gasteiger partial charge in [0.1, 0.15) is 0 Å². The minimum atomic E-state index is 1.22. The van der Waals surface area contributed by atoms with Crippen LogP contribution in [0.5, 0.6) is 0 Å². The Morgan fingerprint density at radius 1 is 0.150 bits per heavy atom. The van der Waals surface area contributed by atoms with Crippen LogP contribution in [-0.2, 0) is 0 Å². The molecule has 0 N–H and O–H groups in total. The molecule has 0 aliphatic carbocycles. The van der Waals surface area contributed by atoms with Crippen LogP contribution in [0.3, 0.4) is 0 Å². The fourth-order valence-electron chi connectivity index (χ4n) is 10.5. The normalized spacial score (nSPS) is 12.0. The highest BCUT2D eigenvalue weighted by molar-refractivity contribution is 6.28. The molecule has 13 rings (SSSR count). The summed E-state index contributed by atoms with van der Waals surface area (Å²) in [5.74, 6) is 0. The van der Waals surface area contributed by atoms with Crippen molar-refractivity contribution in [3.63, 3.8) is 0 Å².